The lowest BCUT2D eigenvalue weighted by atomic mass is 10.1. The third-order valence-electron chi connectivity index (χ3n) is 3.66. The van der Waals surface area contributed by atoms with Crippen molar-refractivity contribution in [3.8, 4) is 0 Å². The van der Waals surface area contributed by atoms with Crippen LogP contribution in [0.1, 0.15) is 18.1 Å². The Morgan fingerprint density at radius 1 is 1.05 bits per heavy atom. The molecule has 0 aliphatic carbocycles. The second kappa shape index (κ2) is 6.33. The molecule has 0 bridgehead atoms. The number of halogens is 1. The first-order valence-electron chi connectivity index (χ1n) is 7.29. The van der Waals surface area contributed by atoms with E-state index in [0.29, 0.717) is 0 Å². The molecule has 0 unspecified atom stereocenters. The maximum Gasteiger partial charge on any atom is 0.0483 e. The molecule has 0 aliphatic rings. The number of aromatic nitrogens is 1. The van der Waals surface area contributed by atoms with E-state index in [1.165, 1.54) is 22.0 Å². The summed E-state index contributed by atoms with van der Waals surface area (Å²) in [6.45, 7) is 4.89. The summed E-state index contributed by atoms with van der Waals surface area (Å²) in [5.74, 6) is 0. The van der Waals surface area contributed by atoms with E-state index < -0.39 is 0 Å². The minimum absolute atomic E-state index is 0.789. The number of fused-ring (bicyclic) bond motifs is 1. The quantitative estimate of drug-likeness (QED) is 0.736. The van der Waals surface area contributed by atoms with Crippen molar-refractivity contribution in [2.24, 2.45) is 0 Å². The Bertz CT molecular complexity index is 746. The molecular formula is C18H19ClN2. The molecule has 0 amide bonds. The molecule has 2 aromatic carbocycles. The molecule has 0 fully saturated rings. The summed E-state index contributed by atoms with van der Waals surface area (Å²) in [5.41, 5.74) is 3.80. The molecule has 1 heterocycles. The first-order valence-corrected chi connectivity index (χ1v) is 7.67. The molecule has 0 atom stereocenters. The summed E-state index contributed by atoms with van der Waals surface area (Å²) >= 11 is 6.06. The van der Waals surface area contributed by atoms with Crippen molar-refractivity contribution in [1.29, 1.82) is 0 Å². The average molecular weight is 299 g/mol. The van der Waals surface area contributed by atoms with Crippen molar-refractivity contribution < 1.29 is 0 Å². The molecule has 0 spiro atoms. The minimum atomic E-state index is 0.789. The van der Waals surface area contributed by atoms with E-state index in [4.69, 9.17) is 11.6 Å². The predicted octanol–water partition coefficient (Wildman–Crippen LogP) is 4.45. The topological polar surface area (TPSA) is 17.0 Å². The van der Waals surface area contributed by atoms with E-state index in [1.807, 2.05) is 18.2 Å². The highest BCUT2D eigenvalue weighted by atomic mass is 35.5. The van der Waals surface area contributed by atoms with Crippen LogP contribution in [0.2, 0.25) is 5.02 Å². The Morgan fingerprint density at radius 3 is 2.76 bits per heavy atom. The molecule has 1 N–H and O–H groups in total. The van der Waals surface area contributed by atoms with Gasteiger partial charge in [-0.1, -0.05) is 36.7 Å². The molecule has 1 aromatic heterocycles. The van der Waals surface area contributed by atoms with Crippen molar-refractivity contribution in [2.75, 3.05) is 6.54 Å². The second-order valence-electron chi connectivity index (χ2n) is 5.25. The zero-order valence-electron chi connectivity index (χ0n) is 12.1. The standard InChI is InChI=1S/C18H19ClN2/c1-2-20-12-14-6-7-18-16(10-14)8-9-21(18)13-15-4-3-5-17(19)11-15/h3-11,20H,2,12-13H2,1H3. The van der Waals surface area contributed by atoms with Gasteiger partial charge in [0, 0.05) is 29.8 Å². The van der Waals surface area contributed by atoms with Crippen LogP contribution in [0.4, 0.5) is 0 Å². The van der Waals surface area contributed by atoms with E-state index in [-0.39, 0.29) is 0 Å². The van der Waals surface area contributed by atoms with Gasteiger partial charge in [-0.25, -0.2) is 0 Å². The normalized spacial score (nSPS) is 11.1. The molecule has 3 heteroatoms. The molecule has 0 saturated heterocycles. The largest absolute Gasteiger partial charge is 0.343 e. The molecule has 0 saturated carbocycles. The van der Waals surface area contributed by atoms with Gasteiger partial charge in [-0.2, -0.15) is 0 Å². The Kier molecular flexibility index (Phi) is 4.28. The fourth-order valence-corrected chi connectivity index (χ4v) is 2.81. The smallest absolute Gasteiger partial charge is 0.0483 e. The molecule has 21 heavy (non-hydrogen) atoms. The van der Waals surface area contributed by atoms with E-state index in [1.54, 1.807) is 0 Å². The fraction of sp³-hybridized carbons (Fsp3) is 0.222. The van der Waals surface area contributed by atoms with Gasteiger partial charge in [-0.15, -0.1) is 0 Å². The first kappa shape index (κ1) is 14.2. The zero-order valence-corrected chi connectivity index (χ0v) is 12.9. The maximum atomic E-state index is 6.06. The molecule has 2 nitrogen and oxygen atoms in total. The molecular weight excluding hydrogens is 280 g/mol. The SMILES string of the molecule is CCNCc1ccc2c(ccn2Cc2cccc(Cl)c2)c1. The van der Waals surface area contributed by atoms with Crippen molar-refractivity contribution >= 4 is 22.5 Å². The Morgan fingerprint density at radius 2 is 1.95 bits per heavy atom. The Hall–Kier alpha value is -1.77. The summed E-state index contributed by atoms with van der Waals surface area (Å²) in [4.78, 5) is 0. The summed E-state index contributed by atoms with van der Waals surface area (Å²) < 4.78 is 2.26. The third kappa shape index (κ3) is 3.29. The number of nitrogens with one attached hydrogen (secondary N) is 1. The van der Waals surface area contributed by atoms with Gasteiger partial charge in [0.2, 0.25) is 0 Å². The average Bonchev–Trinajstić information content (AvgIpc) is 2.87. The van der Waals surface area contributed by atoms with E-state index in [2.05, 4.69) is 53.3 Å². The van der Waals surface area contributed by atoms with Gasteiger partial charge >= 0.3 is 0 Å². The summed E-state index contributed by atoms with van der Waals surface area (Å²) in [7, 11) is 0. The van der Waals surface area contributed by atoms with Crippen molar-refractivity contribution in [2.45, 2.75) is 20.0 Å². The van der Waals surface area contributed by atoms with E-state index in [9.17, 15) is 0 Å². The van der Waals surface area contributed by atoms with Crippen molar-refractivity contribution in [3.05, 3.63) is 70.9 Å². The minimum Gasteiger partial charge on any atom is -0.343 e. The molecule has 0 radical (unpaired) electrons. The number of rotatable bonds is 5. The molecule has 0 aliphatic heterocycles. The second-order valence-corrected chi connectivity index (χ2v) is 5.68. The monoisotopic (exact) mass is 298 g/mol. The summed E-state index contributed by atoms with van der Waals surface area (Å²) in [6.07, 6.45) is 2.14. The van der Waals surface area contributed by atoms with Crippen LogP contribution in [0.5, 0.6) is 0 Å². The van der Waals surface area contributed by atoms with Crippen molar-refractivity contribution in [1.82, 2.24) is 9.88 Å². The van der Waals surface area contributed by atoms with E-state index in [0.717, 1.165) is 24.7 Å². The Balaban J connectivity index is 1.86. The fourth-order valence-electron chi connectivity index (χ4n) is 2.60. The molecule has 108 valence electrons. The highest BCUT2D eigenvalue weighted by Crippen LogP contribution is 2.20. The van der Waals surface area contributed by atoms with E-state index >= 15 is 0 Å². The predicted molar refractivity (Wildman–Crippen MR) is 89.9 cm³/mol. The van der Waals surface area contributed by atoms with Gasteiger partial charge in [-0.3, -0.25) is 0 Å². The van der Waals surface area contributed by atoms with Crippen molar-refractivity contribution in [3.63, 3.8) is 0 Å². The highest BCUT2D eigenvalue weighted by molar-refractivity contribution is 6.30. The maximum absolute atomic E-state index is 6.06. The van der Waals surface area contributed by atoms with Crippen LogP contribution in [-0.2, 0) is 13.1 Å². The van der Waals surface area contributed by atoms with Gasteiger partial charge in [0.05, 0.1) is 0 Å². The van der Waals surface area contributed by atoms with Crippen LogP contribution in [0.3, 0.4) is 0 Å². The van der Waals surface area contributed by atoms with Crippen LogP contribution < -0.4 is 5.32 Å². The van der Waals surface area contributed by atoms with Crippen LogP contribution in [0.25, 0.3) is 10.9 Å². The number of hydrogen-bond acceptors (Lipinski definition) is 1. The summed E-state index contributed by atoms with van der Waals surface area (Å²) in [5, 5.41) is 5.43. The van der Waals surface area contributed by atoms with Crippen LogP contribution in [0, 0.1) is 0 Å². The van der Waals surface area contributed by atoms with Gasteiger partial charge in [0.25, 0.3) is 0 Å². The number of benzene rings is 2. The molecule has 3 aromatic rings. The van der Waals surface area contributed by atoms with Gasteiger partial charge in [0.1, 0.15) is 0 Å². The van der Waals surface area contributed by atoms with Crippen LogP contribution in [0.15, 0.2) is 54.7 Å². The van der Waals surface area contributed by atoms with Gasteiger partial charge in [0.15, 0.2) is 0 Å². The van der Waals surface area contributed by atoms with Crippen LogP contribution >= 0.6 is 11.6 Å². The Labute approximate surface area is 130 Å². The number of hydrogen-bond donors (Lipinski definition) is 1. The lowest BCUT2D eigenvalue weighted by Gasteiger charge is -2.07. The van der Waals surface area contributed by atoms with Gasteiger partial charge < -0.3 is 9.88 Å². The molecule has 3 rings (SSSR count). The number of nitrogens with zero attached hydrogens (tertiary/aromatic N) is 1. The zero-order chi connectivity index (χ0) is 14.7. The van der Waals surface area contributed by atoms with Gasteiger partial charge in [-0.05, 0) is 53.4 Å². The lowest BCUT2D eigenvalue weighted by molar-refractivity contribution is 0.727. The first-order chi connectivity index (χ1) is 10.3. The van der Waals surface area contributed by atoms with Crippen LogP contribution in [-0.4, -0.2) is 11.1 Å². The summed E-state index contributed by atoms with van der Waals surface area (Å²) in [6, 6.07) is 16.9. The highest BCUT2D eigenvalue weighted by Gasteiger charge is 2.03. The lowest BCUT2D eigenvalue weighted by Crippen LogP contribution is -2.11. The third-order valence-corrected chi connectivity index (χ3v) is 3.89.